The Hall–Kier alpha value is -3.02. The lowest BCUT2D eigenvalue weighted by Crippen LogP contribution is -2.44. The second kappa shape index (κ2) is 9.45. The molecule has 0 aromatic heterocycles. The van der Waals surface area contributed by atoms with E-state index in [1.807, 2.05) is 44.2 Å². The summed E-state index contributed by atoms with van der Waals surface area (Å²) in [4.78, 5) is 26.3. The summed E-state index contributed by atoms with van der Waals surface area (Å²) in [7, 11) is 0. The molecule has 3 rings (SSSR count). The minimum Gasteiger partial charge on any atom is -0.494 e. The van der Waals surface area contributed by atoms with E-state index in [1.165, 1.54) is 5.56 Å². The third kappa shape index (κ3) is 5.28. The molecule has 2 aromatic rings. The zero-order valence-corrected chi connectivity index (χ0v) is 17.2. The Kier molecular flexibility index (Phi) is 6.75. The molecule has 1 unspecified atom stereocenters. The van der Waals surface area contributed by atoms with Crippen molar-refractivity contribution in [1.82, 2.24) is 0 Å². The summed E-state index contributed by atoms with van der Waals surface area (Å²) >= 11 is 0. The van der Waals surface area contributed by atoms with Crippen molar-refractivity contribution in [2.45, 2.75) is 46.1 Å². The summed E-state index contributed by atoms with van der Waals surface area (Å²) < 4.78 is 11.4. The summed E-state index contributed by atoms with van der Waals surface area (Å²) in [6, 6.07) is 13.3. The van der Waals surface area contributed by atoms with E-state index >= 15 is 0 Å². The van der Waals surface area contributed by atoms with Crippen LogP contribution in [-0.2, 0) is 9.59 Å². The molecule has 0 spiro atoms. The number of ether oxygens (including phenoxy) is 2. The van der Waals surface area contributed by atoms with Gasteiger partial charge in [0.25, 0.3) is 5.91 Å². The molecule has 1 aliphatic rings. The van der Waals surface area contributed by atoms with Gasteiger partial charge in [-0.05, 0) is 51.0 Å². The van der Waals surface area contributed by atoms with E-state index in [1.54, 1.807) is 24.0 Å². The number of carbonyl (C=O) groups is 2. The molecule has 6 heteroatoms. The second-order valence-electron chi connectivity index (χ2n) is 7.25. The first-order valence-electron chi connectivity index (χ1n) is 10.1. The van der Waals surface area contributed by atoms with E-state index in [0.29, 0.717) is 37.4 Å². The molecular formula is C23H28N2O4. The number of nitrogens with zero attached hydrogens (tertiary/aromatic N) is 1. The highest BCUT2D eigenvalue weighted by molar-refractivity contribution is 6.00. The van der Waals surface area contributed by atoms with Crippen molar-refractivity contribution in [3.63, 3.8) is 0 Å². The first kappa shape index (κ1) is 20.7. The van der Waals surface area contributed by atoms with Crippen molar-refractivity contribution in [3.8, 4) is 11.5 Å². The number of rotatable bonds is 8. The molecule has 2 amide bonds. The van der Waals surface area contributed by atoms with Crippen LogP contribution in [-0.4, -0.2) is 31.1 Å². The number of hydrogen-bond acceptors (Lipinski definition) is 4. The molecule has 0 fully saturated rings. The van der Waals surface area contributed by atoms with Gasteiger partial charge in [-0.1, -0.05) is 24.6 Å². The molecule has 29 heavy (non-hydrogen) atoms. The topological polar surface area (TPSA) is 67.9 Å². The summed E-state index contributed by atoms with van der Waals surface area (Å²) in [5.41, 5.74) is 2.59. The van der Waals surface area contributed by atoms with Crippen molar-refractivity contribution >= 4 is 23.2 Å². The van der Waals surface area contributed by atoms with Crippen LogP contribution < -0.4 is 19.7 Å². The average Bonchev–Trinajstić information content (AvgIpc) is 2.70. The van der Waals surface area contributed by atoms with Crippen LogP contribution in [0.3, 0.4) is 0 Å². The Morgan fingerprint density at radius 2 is 1.97 bits per heavy atom. The summed E-state index contributed by atoms with van der Waals surface area (Å²) in [6.07, 6.45) is 1.32. The smallest absolute Gasteiger partial charge is 0.267 e. The van der Waals surface area contributed by atoms with Gasteiger partial charge >= 0.3 is 0 Å². The Morgan fingerprint density at radius 1 is 1.21 bits per heavy atom. The van der Waals surface area contributed by atoms with E-state index in [4.69, 9.17) is 9.47 Å². The van der Waals surface area contributed by atoms with Crippen LogP contribution in [0.2, 0.25) is 0 Å². The molecule has 0 bridgehead atoms. The van der Waals surface area contributed by atoms with Gasteiger partial charge in [0, 0.05) is 24.7 Å². The standard InChI is InChI=1S/C23H28N2O4/c1-4-13-25-20-12-9-18(15-21(20)29-17(3)23(25)27)24-22(26)6-5-14-28-19-10-7-16(2)8-11-19/h7-12,15,17H,4-6,13-14H2,1-3H3,(H,24,26). The maximum Gasteiger partial charge on any atom is 0.267 e. The maximum atomic E-state index is 12.3. The van der Waals surface area contributed by atoms with Gasteiger partial charge in [0.05, 0.1) is 12.3 Å². The molecule has 2 aromatic carbocycles. The summed E-state index contributed by atoms with van der Waals surface area (Å²) in [5, 5.41) is 2.89. The van der Waals surface area contributed by atoms with Crippen molar-refractivity contribution < 1.29 is 19.1 Å². The zero-order chi connectivity index (χ0) is 20.8. The molecule has 0 radical (unpaired) electrons. The van der Waals surface area contributed by atoms with Crippen molar-refractivity contribution in [2.24, 2.45) is 0 Å². The minimum atomic E-state index is -0.529. The molecule has 1 heterocycles. The number of aryl methyl sites for hydroxylation is 1. The Balaban J connectivity index is 1.52. The predicted molar refractivity (Wildman–Crippen MR) is 114 cm³/mol. The molecule has 0 saturated heterocycles. The van der Waals surface area contributed by atoms with E-state index in [0.717, 1.165) is 17.9 Å². The number of amides is 2. The number of anilines is 2. The molecule has 1 aliphatic heterocycles. The first-order valence-corrected chi connectivity index (χ1v) is 10.1. The molecular weight excluding hydrogens is 368 g/mol. The van der Waals surface area contributed by atoms with Crippen molar-refractivity contribution in [1.29, 1.82) is 0 Å². The van der Waals surface area contributed by atoms with Crippen molar-refractivity contribution in [2.75, 3.05) is 23.4 Å². The van der Waals surface area contributed by atoms with Gasteiger partial charge in [0.2, 0.25) is 5.91 Å². The van der Waals surface area contributed by atoms with Crippen LogP contribution in [0.15, 0.2) is 42.5 Å². The third-order valence-electron chi connectivity index (χ3n) is 4.74. The second-order valence-corrected chi connectivity index (χ2v) is 7.25. The van der Waals surface area contributed by atoms with E-state index < -0.39 is 6.10 Å². The van der Waals surface area contributed by atoms with Crippen LogP contribution in [0.1, 0.15) is 38.7 Å². The van der Waals surface area contributed by atoms with E-state index in [2.05, 4.69) is 5.32 Å². The number of hydrogen-bond donors (Lipinski definition) is 1. The minimum absolute atomic E-state index is 0.0373. The lowest BCUT2D eigenvalue weighted by Gasteiger charge is -2.33. The fraction of sp³-hybridized carbons (Fsp3) is 0.391. The quantitative estimate of drug-likeness (QED) is 0.675. The van der Waals surface area contributed by atoms with Crippen LogP contribution in [0.5, 0.6) is 11.5 Å². The molecule has 6 nitrogen and oxygen atoms in total. The fourth-order valence-electron chi connectivity index (χ4n) is 3.22. The highest BCUT2D eigenvalue weighted by atomic mass is 16.5. The molecule has 154 valence electrons. The number of benzene rings is 2. The van der Waals surface area contributed by atoms with Gasteiger partial charge in [-0.25, -0.2) is 0 Å². The van der Waals surface area contributed by atoms with Crippen LogP contribution in [0.4, 0.5) is 11.4 Å². The van der Waals surface area contributed by atoms with Crippen LogP contribution in [0.25, 0.3) is 0 Å². The molecule has 1 atom stereocenters. The van der Waals surface area contributed by atoms with Gasteiger partial charge in [-0.2, -0.15) is 0 Å². The van der Waals surface area contributed by atoms with Gasteiger partial charge in [-0.3, -0.25) is 9.59 Å². The maximum absolute atomic E-state index is 12.3. The lowest BCUT2D eigenvalue weighted by atomic mass is 10.1. The average molecular weight is 396 g/mol. The molecule has 1 N–H and O–H groups in total. The monoisotopic (exact) mass is 396 g/mol. The summed E-state index contributed by atoms with van der Waals surface area (Å²) in [5.74, 6) is 1.31. The molecule has 0 aliphatic carbocycles. The van der Waals surface area contributed by atoms with Gasteiger partial charge in [0.1, 0.15) is 11.5 Å². The van der Waals surface area contributed by atoms with Crippen molar-refractivity contribution in [3.05, 3.63) is 48.0 Å². The van der Waals surface area contributed by atoms with Gasteiger partial charge in [-0.15, -0.1) is 0 Å². The van der Waals surface area contributed by atoms with E-state index in [-0.39, 0.29) is 11.8 Å². The highest BCUT2D eigenvalue weighted by Crippen LogP contribution is 2.36. The predicted octanol–water partition coefficient (Wildman–Crippen LogP) is 4.32. The fourth-order valence-corrected chi connectivity index (χ4v) is 3.22. The largest absolute Gasteiger partial charge is 0.494 e. The van der Waals surface area contributed by atoms with E-state index in [9.17, 15) is 9.59 Å². The number of nitrogens with one attached hydrogen (secondary N) is 1. The zero-order valence-electron chi connectivity index (χ0n) is 17.2. The lowest BCUT2D eigenvalue weighted by molar-refractivity contribution is -0.125. The third-order valence-corrected chi connectivity index (χ3v) is 4.74. The first-order chi connectivity index (χ1) is 14.0. The van der Waals surface area contributed by atoms with Gasteiger partial charge < -0.3 is 19.7 Å². The van der Waals surface area contributed by atoms with Crippen LogP contribution >= 0.6 is 0 Å². The number of carbonyl (C=O) groups excluding carboxylic acids is 2. The Labute approximate surface area is 171 Å². The normalized spacial score (nSPS) is 15.5. The van der Waals surface area contributed by atoms with Gasteiger partial charge in [0.15, 0.2) is 6.10 Å². The van der Waals surface area contributed by atoms with Crippen LogP contribution in [0, 0.1) is 6.92 Å². The summed E-state index contributed by atoms with van der Waals surface area (Å²) in [6.45, 7) is 6.93. The SMILES string of the molecule is CCCN1C(=O)C(C)Oc2cc(NC(=O)CCCOc3ccc(C)cc3)ccc21. The highest BCUT2D eigenvalue weighted by Gasteiger charge is 2.31. The number of fused-ring (bicyclic) bond motifs is 1. The Bertz CT molecular complexity index is 864. The Morgan fingerprint density at radius 3 is 2.69 bits per heavy atom. The molecule has 0 saturated carbocycles.